The summed E-state index contributed by atoms with van der Waals surface area (Å²) in [6.45, 7) is 0.878. The van der Waals surface area contributed by atoms with Crippen LogP contribution < -0.4 is 23.7 Å². The topological polar surface area (TPSA) is 104 Å². The van der Waals surface area contributed by atoms with E-state index in [1.165, 1.54) is 34.0 Å². The molecule has 0 aromatic heterocycles. The molecular formula is C36H39NO8. The summed E-state index contributed by atoms with van der Waals surface area (Å²) in [6, 6.07) is 24.7. The summed E-state index contributed by atoms with van der Waals surface area (Å²) in [5.41, 5.74) is 4.70. The van der Waals surface area contributed by atoms with Crippen LogP contribution >= 0.6 is 0 Å². The molecule has 4 aromatic rings. The molecule has 0 bridgehead atoms. The quantitative estimate of drug-likeness (QED) is 0.167. The number of hydrogen-bond acceptors (Lipinski definition) is 7. The predicted molar refractivity (Wildman–Crippen MR) is 172 cm³/mol. The van der Waals surface area contributed by atoms with Gasteiger partial charge in [0.2, 0.25) is 5.75 Å². The third-order valence-corrected chi connectivity index (χ3v) is 7.52. The molecule has 9 nitrogen and oxygen atoms in total. The highest BCUT2D eigenvalue weighted by atomic mass is 16.5. The Balaban J connectivity index is 1.64. The van der Waals surface area contributed by atoms with E-state index in [9.17, 15) is 14.7 Å². The Kier molecular flexibility index (Phi) is 11.3. The first-order chi connectivity index (χ1) is 21.8. The molecule has 1 N–H and O–H groups in total. The van der Waals surface area contributed by atoms with Crippen LogP contribution in [-0.4, -0.2) is 64.0 Å². The van der Waals surface area contributed by atoms with Crippen molar-refractivity contribution >= 4 is 11.9 Å². The summed E-state index contributed by atoms with van der Waals surface area (Å²) in [5.74, 6) is 1.07. The minimum atomic E-state index is -0.948. The van der Waals surface area contributed by atoms with E-state index in [0.717, 1.165) is 29.5 Å². The second kappa shape index (κ2) is 15.5. The Bertz CT molecular complexity index is 1580. The monoisotopic (exact) mass is 613 g/mol. The highest BCUT2D eigenvalue weighted by Gasteiger charge is 2.22. The van der Waals surface area contributed by atoms with Crippen LogP contribution in [0.25, 0.3) is 11.1 Å². The Morgan fingerprint density at radius 3 is 1.84 bits per heavy atom. The fraction of sp³-hybridized carbons (Fsp3) is 0.278. The maximum absolute atomic E-state index is 14.0. The normalized spacial score (nSPS) is 10.6. The Labute approximate surface area is 263 Å². The van der Waals surface area contributed by atoms with Crippen molar-refractivity contribution in [3.05, 3.63) is 101 Å². The molecule has 0 radical (unpaired) electrons. The number of carboxylic acids is 1. The number of hydrogen-bond donors (Lipinski definition) is 1. The molecule has 4 aromatic carbocycles. The van der Waals surface area contributed by atoms with Gasteiger partial charge in [0.1, 0.15) is 0 Å². The third-order valence-electron chi connectivity index (χ3n) is 7.52. The number of aryl methyl sites for hydroxylation is 1. The summed E-state index contributed by atoms with van der Waals surface area (Å²) in [5, 5.41) is 9.52. The van der Waals surface area contributed by atoms with Crippen LogP contribution in [0.3, 0.4) is 0 Å². The van der Waals surface area contributed by atoms with E-state index in [4.69, 9.17) is 23.7 Å². The third kappa shape index (κ3) is 8.06. The lowest BCUT2D eigenvalue weighted by atomic mass is 9.96. The number of benzene rings is 4. The van der Waals surface area contributed by atoms with Crippen molar-refractivity contribution in [2.45, 2.75) is 25.8 Å². The minimum absolute atomic E-state index is 0.171. The molecule has 0 unspecified atom stereocenters. The van der Waals surface area contributed by atoms with Crippen LogP contribution in [-0.2, 0) is 24.2 Å². The number of carbonyl (C=O) groups is 2. The zero-order valence-corrected chi connectivity index (χ0v) is 26.3. The summed E-state index contributed by atoms with van der Waals surface area (Å²) in [7, 11) is 7.62. The number of carbonyl (C=O) groups excluding carboxylic acids is 1. The van der Waals surface area contributed by atoms with Crippen LogP contribution in [0.15, 0.2) is 78.9 Å². The fourth-order valence-electron chi connectivity index (χ4n) is 5.27. The molecule has 0 fully saturated rings. The maximum atomic E-state index is 14.0. The molecule has 0 saturated heterocycles. The largest absolute Gasteiger partial charge is 0.493 e. The molecule has 0 aliphatic carbocycles. The van der Waals surface area contributed by atoms with E-state index >= 15 is 0 Å². The number of nitrogens with zero attached hydrogens (tertiary/aromatic N) is 1. The number of aliphatic carboxylic acids is 1. The lowest BCUT2D eigenvalue weighted by Crippen LogP contribution is -2.32. The van der Waals surface area contributed by atoms with E-state index in [-0.39, 0.29) is 12.3 Å². The SMILES string of the molecule is COc1cc(CC(=O)O)c(-c2ccc(CN(CCCc3ccccc3)C(=O)c3cc(OC)c(OC)c(OC)c3)cc2)cc1OC. The fourth-order valence-corrected chi connectivity index (χ4v) is 5.27. The lowest BCUT2D eigenvalue weighted by molar-refractivity contribution is -0.136. The van der Waals surface area contributed by atoms with Gasteiger partial charge in [0, 0.05) is 18.7 Å². The molecule has 0 aliphatic heterocycles. The number of amides is 1. The van der Waals surface area contributed by atoms with Crippen molar-refractivity contribution in [2.75, 3.05) is 42.1 Å². The van der Waals surface area contributed by atoms with Gasteiger partial charge in [0.05, 0.1) is 42.0 Å². The first-order valence-corrected chi connectivity index (χ1v) is 14.5. The van der Waals surface area contributed by atoms with Gasteiger partial charge < -0.3 is 33.7 Å². The van der Waals surface area contributed by atoms with Gasteiger partial charge in [-0.25, -0.2) is 0 Å². The van der Waals surface area contributed by atoms with Gasteiger partial charge in [-0.05, 0) is 64.9 Å². The van der Waals surface area contributed by atoms with E-state index in [1.807, 2.05) is 47.4 Å². The summed E-state index contributed by atoms with van der Waals surface area (Å²) in [4.78, 5) is 27.4. The van der Waals surface area contributed by atoms with Crippen LogP contribution in [0.5, 0.6) is 28.7 Å². The van der Waals surface area contributed by atoms with E-state index in [0.29, 0.717) is 53.0 Å². The Morgan fingerprint density at radius 1 is 0.689 bits per heavy atom. The van der Waals surface area contributed by atoms with Crippen molar-refractivity contribution in [2.24, 2.45) is 0 Å². The molecule has 236 valence electrons. The molecule has 0 spiro atoms. The standard InChI is InChI=1S/C36H39NO8/c1-41-30-18-27(21-34(38)39)29(22-31(30)42-2)26-15-13-25(14-16-26)23-37(17-9-12-24-10-7-6-8-11-24)36(40)28-19-32(43-3)35(45-5)33(20-28)44-4/h6-8,10-11,13-16,18-20,22H,9,12,17,21,23H2,1-5H3,(H,38,39). The smallest absolute Gasteiger partial charge is 0.307 e. The number of ether oxygens (including phenoxy) is 5. The summed E-state index contributed by atoms with van der Waals surface area (Å²) >= 11 is 0. The highest BCUT2D eigenvalue weighted by Crippen LogP contribution is 2.39. The second-order valence-corrected chi connectivity index (χ2v) is 10.4. The molecule has 4 rings (SSSR count). The van der Waals surface area contributed by atoms with Crippen molar-refractivity contribution < 1.29 is 38.4 Å². The molecule has 1 amide bonds. The highest BCUT2D eigenvalue weighted by molar-refractivity contribution is 5.95. The lowest BCUT2D eigenvalue weighted by Gasteiger charge is -2.24. The van der Waals surface area contributed by atoms with Gasteiger partial charge in [-0.2, -0.15) is 0 Å². The van der Waals surface area contributed by atoms with Crippen molar-refractivity contribution in [3.8, 4) is 39.9 Å². The van der Waals surface area contributed by atoms with E-state index in [1.54, 1.807) is 31.4 Å². The molecular weight excluding hydrogens is 574 g/mol. The first kappa shape index (κ1) is 32.7. The zero-order chi connectivity index (χ0) is 32.3. The van der Waals surface area contributed by atoms with Gasteiger partial charge >= 0.3 is 5.97 Å². The number of methoxy groups -OCH3 is 5. The van der Waals surface area contributed by atoms with E-state index < -0.39 is 5.97 Å². The van der Waals surface area contributed by atoms with Crippen LogP contribution in [0.4, 0.5) is 0 Å². The summed E-state index contributed by atoms with van der Waals surface area (Å²) in [6.07, 6.45) is 1.42. The zero-order valence-electron chi connectivity index (χ0n) is 26.3. The molecule has 9 heteroatoms. The Morgan fingerprint density at radius 2 is 1.29 bits per heavy atom. The van der Waals surface area contributed by atoms with Gasteiger partial charge in [0.25, 0.3) is 5.91 Å². The predicted octanol–water partition coefficient (Wildman–Crippen LogP) is 6.30. The van der Waals surface area contributed by atoms with Gasteiger partial charge in [0.15, 0.2) is 23.0 Å². The van der Waals surface area contributed by atoms with Crippen molar-refractivity contribution in [1.29, 1.82) is 0 Å². The number of carboxylic acid groups (broad SMARTS) is 1. The minimum Gasteiger partial charge on any atom is -0.493 e. The average Bonchev–Trinajstić information content (AvgIpc) is 3.07. The summed E-state index contributed by atoms with van der Waals surface area (Å²) < 4.78 is 27.3. The van der Waals surface area contributed by atoms with Crippen LogP contribution in [0, 0.1) is 0 Å². The number of rotatable bonds is 15. The van der Waals surface area contributed by atoms with Crippen molar-refractivity contribution in [1.82, 2.24) is 4.90 Å². The molecule has 45 heavy (non-hydrogen) atoms. The van der Waals surface area contributed by atoms with Crippen molar-refractivity contribution in [3.63, 3.8) is 0 Å². The van der Waals surface area contributed by atoms with Gasteiger partial charge in [-0.15, -0.1) is 0 Å². The Hall–Kier alpha value is -5.18. The van der Waals surface area contributed by atoms with E-state index in [2.05, 4.69) is 12.1 Å². The maximum Gasteiger partial charge on any atom is 0.307 e. The molecule has 0 heterocycles. The van der Waals surface area contributed by atoms with Gasteiger partial charge in [-0.3, -0.25) is 9.59 Å². The average molecular weight is 614 g/mol. The molecule has 0 atom stereocenters. The molecule has 0 saturated carbocycles. The second-order valence-electron chi connectivity index (χ2n) is 10.4. The molecule has 0 aliphatic rings. The van der Waals surface area contributed by atoms with Crippen LogP contribution in [0.2, 0.25) is 0 Å². The van der Waals surface area contributed by atoms with Crippen LogP contribution in [0.1, 0.15) is 33.5 Å². The first-order valence-electron chi connectivity index (χ1n) is 14.5. The van der Waals surface area contributed by atoms with Gasteiger partial charge in [-0.1, -0.05) is 54.6 Å².